The van der Waals surface area contributed by atoms with E-state index in [4.69, 9.17) is 12.2 Å². The molecule has 2 saturated heterocycles. The molecule has 1 amide bonds. The maximum atomic E-state index is 12.7. The highest BCUT2D eigenvalue weighted by Crippen LogP contribution is 2.36. The molecule has 2 heterocycles. The number of benzene rings is 1. The fraction of sp³-hybridized carbons (Fsp3) is 0.444. The van der Waals surface area contributed by atoms with E-state index in [9.17, 15) is 13.2 Å². The lowest BCUT2D eigenvalue weighted by atomic mass is 10.1. The average molecular weight is 411 g/mol. The number of thiocarbonyl (C=S) groups is 1. The van der Waals surface area contributed by atoms with Crippen LogP contribution in [0.3, 0.4) is 0 Å². The first-order valence-corrected chi connectivity index (χ1v) is 11.7. The molecule has 0 radical (unpaired) electrons. The van der Waals surface area contributed by atoms with Crippen LogP contribution in [-0.4, -0.2) is 54.2 Å². The predicted octanol–water partition coefficient (Wildman–Crippen LogP) is 2.92. The van der Waals surface area contributed by atoms with E-state index in [2.05, 4.69) is 18.7 Å². The normalized spacial score (nSPS) is 23.8. The highest BCUT2D eigenvalue weighted by Gasteiger charge is 2.42. The van der Waals surface area contributed by atoms with E-state index >= 15 is 0 Å². The van der Waals surface area contributed by atoms with Gasteiger partial charge in [0.05, 0.1) is 22.5 Å². The number of amides is 1. The quantitative estimate of drug-likeness (QED) is 0.550. The second-order valence-corrected chi connectivity index (χ2v) is 10.3. The molecule has 8 heteroatoms. The second kappa shape index (κ2) is 7.70. The molecular weight excluding hydrogens is 388 g/mol. The Hall–Kier alpha value is -1.38. The predicted molar refractivity (Wildman–Crippen MR) is 112 cm³/mol. The smallest absolute Gasteiger partial charge is 0.266 e. The molecule has 0 bridgehead atoms. The summed E-state index contributed by atoms with van der Waals surface area (Å²) in [5.41, 5.74) is 2.08. The molecular formula is C18H22N2O3S3. The standard InChI is InChI=1S/C18H22N2O3S3/c1-3-19(4-2)14-7-5-13(6-8-14)11-16-17(21)20(18(24)25-16)15-9-10-26(22,23)12-15/h5-8,11,15H,3-4,9-10,12H2,1-2H3/b16-11+/t15-/m1/s1. The number of nitrogens with zero attached hydrogens (tertiary/aromatic N) is 2. The van der Waals surface area contributed by atoms with E-state index in [0.29, 0.717) is 15.6 Å². The number of carbonyl (C=O) groups is 1. The number of carbonyl (C=O) groups excluding carboxylic acids is 1. The van der Waals surface area contributed by atoms with Gasteiger partial charge >= 0.3 is 0 Å². The Balaban J connectivity index is 1.78. The number of rotatable bonds is 5. The topological polar surface area (TPSA) is 57.7 Å². The van der Waals surface area contributed by atoms with Gasteiger partial charge in [-0.2, -0.15) is 0 Å². The van der Waals surface area contributed by atoms with Crippen molar-refractivity contribution in [3.63, 3.8) is 0 Å². The maximum absolute atomic E-state index is 12.7. The van der Waals surface area contributed by atoms with Crippen LogP contribution in [0.25, 0.3) is 6.08 Å². The zero-order chi connectivity index (χ0) is 18.9. The molecule has 2 aliphatic heterocycles. The van der Waals surface area contributed by atoms with Crippen molar-refractivity contribution in [2.45, 2.75) is 26.3 Å². The molecule has 0 unspecified atom stereocenters. The molecule has 2 fully saturated rings. The zero-order valence-corrected chi connectivity index (χ0v) is 17.3. The summed E-state index contributed by atoms with van der Waals surface area (Å²) in [6, 6.07) is 7.73. The van der Waals surface area contributed by atoms with Gasteiger partial charge in [-0.15, -0.1) is 0 Å². The van der Waals surface area contributed by atoms with E-state index in [1.165, 1.54) is 16.7 Å². The SMILES string of the molecule is CCN(CC)c1ccc(/C=C2/SC(=S)N([C@@H]3CCS(=O)(=O)C3)C2=O)cc1. The van der Waals surface area contributed by atoms with Crippen LogP contribution in [0.5, 0.6) is 0 Å². The molecule has 1 atom stereocenters. The minimum atomic E-state index is -3.06. The number of sulfone groups is 1. The molecule has 0 saturated carbocycles. The molecule has 1 aromatic carbocycles. The van der Waals surface area contributed by atoms with Gasteiger partial charge in [0.1, 0.15) is 4.32 Å². The lowest BCUT2D eigenvalue weighted by molar-refractivity contribution is -0.123. The van der Waals surface area contributed by atoms with Crippen LogP contribution >= 0.6 is 24.0 Å². The van der Waals surface area contributed by atoms with Gasteiger partial charge in [0.15, 0.2) is 9.84 Å². The Bertz CT molecular complexity index is 843. The van der Waals surface area contributed by atoms with E-state index in [-0.39, 0.29) is 23.5 Å². The molecule has 3 rings (SSSR count). The van der Waals surface area contributed by atoms with Crippen molar-refractivity contribution in [2.75, 3.05) is 29.5 Å². The van der Waals surface area contributed by atoms with Gasteiger partial charge in [0.25, 0.3) is 5.91 Å². The van der Waals surface area contributed by atoms with Crippen molar-refractivity contribution in [2.24, 2.45) is 0 Å². The van der Waals surface area contributed by atoms with Crippen LogP contribution < -0.4 is 4.90 Å². The average Bonchev–Trinajstić information content (AvgIpc) is 3.09. The Morgan fingerprint density at radius 1 is 1.27 bits per heavy atom. The van der Waals surface area contributed by atoms with Gasteiger partial charge in [-0.25, -0.2) is 8.42 Å². The first-order chi connectivity index (χ1) is 12.3. The van der Waals surface area contributed by atoms with Crippen LogP contribution in [0.2, 0.25) is 0 Å². The number of anilines is 1. The fourth-order valence-corrected chi connectivity index (χ4v) is 6.40. The van der Waals surface area contributed by atoms with Crippen molar-refractivity contribution >= 4 is 55.8 Å². The summed E-state index contributed by atoms with van der Waals surface area (Å²) < 4.78 is 23.9. The van der Waals surface area contributed by atoms with E-state index in [0.717, 1.165) is 24.3 Å². The van der Waals surface area contributed by atoms with Crippen LogP contribution in [-0.2, 0) is 14.6 Å². The minimum Gasteiger partial charge on any atom is -0.372 e. The van der Waals surface area contributed by atoms with Gasteiger partial charge < -0.3 is 4.90 Å². The van der Waals surface area contributed by atoms with Gasteiger partial charge in [-0.05, 0) is 44.0 Å². The van der Waals surface area contributed by atoms with Gasteiger partial charge in [-0.1, -0.05) is 36.1 Å². The monoisotopic (exact) mass is 410 g/mol. The van der Waals surface area contributed by atoms with E-state index < -0.39 is 9.84 Å². The third-order valence-corrected chi connectivity index (χ3v) is 7.80. The maximum Gasteiger partial charge on any atom is 0.266 e. The van der Waals surface area contributed by atoms with Crippen LogP contribution in [0.15, 0.2) is 29.2 Å². The van der Waals surface area contributed by atoms with Crippen LogP contribution in [0.4, 0.5) is 5.69 Å². The number of thioether (sulfide) groups is 1. The Kier molecular flexibility index (Phi) is 5.74. The fourth-order valence-electron chi connectivity index (χ4n) is 3.30. The van der Waals surface area contributed by atoms with Crippen molar-refractivity contribution in [1.29, 1.82) is 0 Å². The van der Waals surface area contributed by atoms with Crippen molar-refractivity contribution in [1.82, 2.24) is 4.90 Å². The molecule has 0 spiro atoms. The molecule has 0 N–H and O–H groups in total. The minimum absolute atomic E-state index is 0.00525. The summed E-state index contributed by atoms with van der Waals surface area (Å²) in [6.07, 6.45) is 2.29. The third kappa shape index (κ3) is 3.97. The lowest BCUT2D eigenvalue weighted by Gasteiger charge is -2.21. The summed E-state index contributed by atoms with van der Waals surface area (Å²) in [5.74, 6) is -0.0544. The van der Waals surface area contributed by atoms with Crippen molar-refractivity contribution < 1.29 is 13.2 Å². The molecule has 0 aliphatic carbocycles. The van der Waals surface area contributed by atoms with Crippen LogP contribution in [0.1, 0.15) is 25.8 Å². The van der Waals surface area contributed by atoms with Crippen molar-refractivity contribution in [3.05, 3.63) is 34.7 Å². The summed E-state index contributed by atoms with van der Waals surface area (Å²) >= 11 is 6.58. The first kappa shape index (κ1) is 19.4. The Morgan fingerprint density at radius 3 is 2.46 bits per heavy atom. The summed E-state index contributed by atoms with van der Waals surface area (Å²) in [5, 5.41) is 0. The van der Waals surface area contributed by atoms with Gasteiger partial charge in [-0.3, -0.25) is 9.69 Å². The summed E-state index contributed by atoms with van der Waals surface area (Å²) in [7, 11) is -3.06. The summed E-state index contributed by atoms with van der Waals surface area (Å²) in [4.78, 5) is 17.0. The zero-order valence-electron chi connectivity index (χ0n) is 14.8. The van der Waals surface area contributed by atoms with Gasteiger partial charge in [0, 0.05) is 18.8 Å². The van der Waals surface area contributed by atoms with E-state index in [1.807, 2.05) is 30.3 Å². The largest absolute Gasteiger partial charge is 0.372 e. The van der Waals surface area contributed by atoms with Crippen molar-refractivity contribution in [3.8, 4) is 0 Å². The molecule has 5 nitrogen and oxygen atoms in total. The molecule has 1 aromatic rings. The highest BCUT2D eigenvalue weighted by atomic mass is 32.2. The number of hydrogen-bond donors (Lipinski definition) is 0. The molecule has 140 valence electrons. The molecule has 0 aromatic heterocycles. The Labute approximate surface area is 164 Å². The first-order valence-electron chi connectivity index (χ1n) is 8.67. The molecule has 26 heavy (non-hydrogen) atoms. The lowest BCUT2D eigenvalue weighted by Crippen LogP contribution is -2.39. The summed E-state index contributed by atoms with van der Waals surface area (Å²) in [6.45, 7) is 6.12. The third-order valence-electron chi connectivity index (χ3n) is 4.72. The van der Waals surface area contributed by atoms with Crippen LogP contribution in [0, 0.1) is 0 Å². The van der Waals surface area contributed by atoms with E-state index in [1.54, 1.807) is 0 Å². The molecule has 2 aliphatic rings. The number of hydrogen-bond acceptors (Lipinski definition) is 6. The second-order valence-electron chi connectivity index (χ2n) is 6.37. The highest BCUT2D eigenvalue weighted by molar-refractivity contribution is 8.26. The van der Waals surface area contributed by atoms with Gasteiger partial charge in [0.2, 0.25) is 0 Å². The Morgan fingerprint density at radius 2 is 1.92 bits per heavy atom.